The fourth-order valence-electron chi connectivity index (χ4n) is 1.97. The normalized spacial score (nSPS) is 12.7. The Morgan fingerprint density at radius 1 is 0.879 bits per heavy atom. The first kappa shape index (κ1) is 39.9. The predicted octanol–water partition coefficient (Wildman–Crippen LogP) is 6.53. The number of benzene rings is 2. The van der Waals surface area contributed by atoms with Crippen LogP contribution in [0.2, 0.25) is 0 Å². The molecule has 0 radical (unpaired) electrons. The van der Waals surface area contributed by atoms with Gasteiger partial charge in [-0.05, 0) is 24.8 Å². The van der Waals surface area contributed by atoms with Crippen molar-refractivity contribution in [2.45, 2.75) is 41.5 Å². The first-order valence-electron chi connectivity index (χ1n) is 8.80. The number of hydrogen-bond acceptors (Lipinski definition) is 5. The Kier molecular flexibility index (Phi) is 28.3. The van der Waals surface area contributed by atoms with Gasteiger partial charge in [0.05, 0.1) is 18.1 Å². The molecular formula is C21H36AlCl3O6S2. The van der Waals surface area contributed by atoms with E-state index in [1.54, 1.807) is 0 Å². The van der Waals surface area contributed by atoms with Crippen molar-refractivity contribution in [2.75, 3.05) is 18.1 Å². The quantitative estimate of drug-likeness (QED) is 0.251. The molecule has 0 unspecified atom stereocenters. The smallest absolute Gasteiger partial charge is 0.286 e. The molecule has 0 saturated carbocycles. The lowest BCUT2D eigenvalue weighted by Gasteiger charge is -1.98. The van der Waals surface area contributed by atoms with Crippen LogP contribution in [0.5, 0.6) is 0 Å². The molecule has 1 N–H and O–H groups in total. The van der Waals surface area contributed by atoms with Gasteiger partial charge >= 0.3 is 11.4 Å². The molecule has 1 saturated heterocycles. The second-order valence-corrected chi connectivity index (χ2v) is 15.5. The van der Waals surface area contributed by atoms with Gasteiger partial charge in [0.2, 0.25) is 0 Å². The van der Waals surface area contributed by atoms with E-state index in [0.29, 0.717) is 25.9 Å². The van der Waals surface area contributed by atoms with Crippen molar-refractivity contribution in [2.24, 2.45) is 0 Å². The van der Waals surface area contributed by atoms with Crippen molar-refractivity contribution in [1.82, 2.24) is 0 Å². The zero-order valence-corrected chi connectivity index (χ0v) is 21.2. The Bertz CT molecular complexity index is 828. The third-order valence-corrected chi connectivity index (χ3v) is 5.30. The third kappa shape index (κ3) is 31.7. The highest BCUT2D eigenvalue weighted by Gasteiger charge is 2.16. The predicted molar refractivity (Wildman–Crippen MR) is 145 cm³/mol. The average molecular weight is 582 g/mol. The lowest BCUT2D eigenvalue weighted by atomic mass is 10.1. The minimum Gasteiger partial charge on any atom is -0.286 e. The van der Waals surface area contributed by atoms with E-state index in [2.05, 4.69) is 4.18 Å². The van der Waals surface area contributed by atoms with Crippen LogP contribution in [0.15, 0.2) is 66.7 Å². The molecule has 0 atom stereocenters. The van der Waals surface area contributed by atoms with Gasteiger partial charge in [0, 0.05) is 0 Å². The SMILES string of the molecule is C.C.C.O=S(=O)(O)CCCc1ccccc1.O=S1(=O)CCCO1.[Cl][Al]([Cl])[Cl].c1ccccc1. The zero-order chi connectivity index (χ0) is 22.9. The Balaban J connectivity index is -0.000000181. The fourth-order valence-corrected chi connectivity index (χ4v) is 3.44. The summed E-state index contributed by atoms with van der Waals surface area (Å²) >= 11 is -1.72. The Hall–Kier alpha value is -0.338. The largest absolute Gasteiger partial charge is 0.643 e. The summed E-state index contributed by atoms with van der Waals surface area (Å²) < 4.78 is 54.0. The van der Waals surface area contributed by atoms with E-state index in [1.807, 2.05) is 66.7 Å². The van der Waals surface area contributed by atoms with Gasteiger partial charge < -0.3 is 0 Å². The van der Waals surface area contributed by atoms with E-state index in [4.69, 9.17) is 34.7 Å². The third-order valence-electron chi connectivity index (χ3n) is 3.18. The van der Waals surface area contributed by atoms with Crippen LogP contribution in [-0.2, 0) is 30.8 Å². The monoisotopic (exact) mass is 580 g/mol. The van der Waals surface area contributed by atoms with Crippen LogP contribution in [-0.4, -0.2) is 50.9 Å². The molecule has 1 aliphatic rings. The highest BCUT2D eigenvalue weighted by Crippen LogP contribution is 2.05. The standard InChI is InChI=1S/C9H12O3S.C6H6.C3H6O3S.3CH4.Al.3ClH/c10-13(11,12)8-4-7-9-5-2-1-3-6-9;1-2-4-6-5-3-1;4-7(5)3-1-2-6-7;;;;;;;/h1-3,5-6H,4,7-8H2,(H,10,11,12);1-6H;1-3H2;3*1H4;;3*1H/q;;;;;;+3;;;/p-3. The maximum Gasteiger partial charge on any atom is 0.643 e. The van der Waals surface area contributed by atoms with Crippen LogP contribution < -0.4 is 0 Å². The minimum absolute atomic E-state index is 0. The van der Waals surface area contributed by atoms with Crippen molar-refractivity contribution < 1.29 is 25.6 Å². The van der Waals surface area contributed by atoms with Crippen LogP contribution in [0.3, 0.4) is 0 Å². The van der Waals surface area contributed by atoms with Gasteiger partial charge in [-0.15, -0.1) is 0 Å². The van der Waals surface area contributed by atoms with E-state index in [-0.39, 0.29) is 33.8 Å². The van der Waals surface area contributed by atoms with Crippen LogP contribution in [0, 0.1) is 0 Å². The lowest BCUT2D eigenvalue weighted by Crippen LogP contribution is -2.04. The molecule has 12 heteroatoms. The zero-order valence-electron chi connectivity index (χ0n) is 16.1. The maximum atomic E-state index is 10.4. The molecule has 0 bridgehead atoms. The molecule has 2 aromatic carbocycles. The van der Waals surface area contributed by atoms with Crippen molar-refractivity contribution in [3.63, 3.8) is 0 Å². The second-order valence-electron chi connectivity index (χ2n) is 5.71. The molecule has 1 aliphatic heterocycles. The highest BCUT2D eigenvalue weighted by molar-refractivity contribution is 7.86. The molecule has 1 fully saturated rings. The number of halogens is 3. The summed E-state index contributed by atoms with van der Waals surface area (Å²) in [5.74, 6) is 0.0366. The molecule has 6 nitrogen and oxygen atoms in total. The Morgan fingerprint density at radius 3 is 1.55 bits per heavy atom. The Morgan fingerprint density at radius 2 is 1.27 bits per heavy atom. The first-order valence-corrected chi connectivity index (χ1v) is 17.2. The average Bonchev–Trinajstić information content (AvgIpc) is 3.08. The summed E-state index contributed by atoms with van der Waals surface area (Å²) in [7, 11) is 7.99. The lowest BCUT2D eigenvalue weighted by molar-refractivity contribution is 0.354. The Labute approximate surface area is 218 Å². The van der Waals surface area contributed by atoms with E-state index < -0.39 is 31.6 Å². The van der Waals surface area contributed by atoms with Crippen molar-refractivity contribution >= 4 is 61.8 Å². The van der Waals surface area contributed by atoms with E-state index in [1.165, 1.54) is 0 Å². The topological polar surface area (TPSA) is 97.7 Å². The molecule has 3 rings (SSSR count). The molecule has 192 valence electrons. The summed E-state index contributed by atoms with van der Waals surface area (Å²) in [6.07, 6.45) is 1.80. The van der Waals surface area contributed by atoms with Gasteiger partial charge in [0.1, 0.15) is 0 Å². The van der Waals surface area contributed by atoms with E-state index in [9.17, 15) is 16.8 Å². The molecule has 0 spiro atoms. The van der Waals surface area contributed by atoms with E-state index >= 15 is 0 Å². The van der Waals surface area contributed by atoms with Crippen molar-refractivity contribution in [3.8, 4) is 0 Å². The summed E-state index contributed by atoms with van der Waals surface area (Å²) in [5, 5.41) is 0. The fraction of sp³-hybridized carbons (Fsp3) is 0.429. The molecule has 2 aromatic rings. The minimum atomic E-state index is -3.79. The summed E-state index contributed by atoms with van der Waals surface area (Å²) in [6.45, 7) is 0.377. The van der Waals surface area contributed by atoms with Gasteiger partial charge in [-0.2, -0.15) is 16.8 Å². The summed E-state index contributed by atoms with van der Waals surface area (Å²) in [5.41, 5.74) is 1.09. The van der Waals surface area contributed by atoms with E-state index in [0.717, 1.165) is 5.56 Å². The molecule has 0 amide bonds. The van der Waals surface area contributed by atoms with Crippen LogP contribution in [0.1, 0.15) is 40.7 Å². The highest BCUT2D eigenvalue weighted by atomic mass is 35.8. The summed E-state index contributed by atoms with van der Waals surface area (Å²) in [4.78, 5) is 0. The molecule has 0 aromatic heterocycles. The number of hydrogen-bond donors (Lipinski definition) is 1. The number of rotatable bonds is 4. The second kappa shape index (κ2) is 23.4. The van der Waals surface area contributed by atoms with Gasteiger partial charge in [0.25, 0.3) is 20.2 Å². The van der Waals surface area contributed by atoms with Crippen LogP contribution in [0.4, 0.5) is 0 Å². The van der Waals surface area contributed by atoms with Crippen molar-refractivity contribution in [1.29, 1.82) is 0 Å². The molecular weight excluding hydrogens is 546 g/mol. The number of aryl methyl sites for hydroxylation is 1. The maximum absolute atomic E-state index is 10.4. The van der Waals surface area contributed by atoms with Gasteiger partial charge in [-0.3, -0.25) is 8.74 Å². The molecule has 0 aliphatic carbocycles. The first-order chi connectivity index (χ1) is 14.0. The van der Waals surface area contributed by atoms with Gasteiger partial charge in [-0.25, -0.2) is 30.1 Å². The van der Waals surface area contributed by atoms with Gasteiger partial charge in [0.15, 0.2) is 0 Å². The van der Waals surface area contributed by atoms with Crippen LogP contribution in [0.25, 0.3) is 0 Å². The van der Waals surface area contributed by atoms with Crippen LogP contribution >= 0.6 is 30.1 Å². The van der Waals surface area contributed by atoms with Crippen molar-refractivity contribution in [3.05, 3.63) is 72.3 Å². The molecule has 1 heterocycles. The van der Waals surface area contributed by atoms with Gasteiger partial charge in [-0.1, -0.05) is 89.0 Å². The molecule has 33 heavy (non-hydrogen) atoms. The summed E-state index contributed by atoms with van der Waals surface area (Å²) in [6, 6.07) is 21.6.